The molecule has 1 aromatic rings. The fraction of sp³-hybridized carbons (Fsp3) is 0.400. The Morgan fingerprint density at radius 3 is 1.85 bits per heavy atom. The standard InChI is InChI=1S/C10H14Cl2Te/c1-7-5-9(3)10(6-8(7)2)13(4,11)12/h5-6H,1-4H3. The maximum atomic E-state index is 6.24. The molecule has 0 aliphatic carbocycles. The number of halogens is 2. The van der Waals surface area contributed by atoms with E-state index in [1.165, 1.54) is 20.3 Å². The van der Waals surface area contributed by atoms with Crippen LogP contribution in [0, 0.1) is 20.8 Å². The molecule has 0 fully saturated rings. The summed E-state index contributed by atoms with van der Waals surface area (Å²) in [7, 11) is 12.5. The molecule has 1 aromatic carbocycles. The van der Waals surface area contributed by atoms with Crippen LogP contribution < -0.4 is 3.61 Å². The summed E-state index contributed by atoms with van der Waals surface area (Å²) in [6.07, 6.45) is 0. The van der Waals surface area contributed by atoms with Crippen molar-refractivity contribution >= 4 is 37.5 Å². The van der Waals surface area contributed by atoms with Crippen molar-refractivity contribution in [2.75, 3.05) is 0 Å². The molecule has 0 atom stereocenters. The Bertz CT molecular complexity index is 326. The summed E-state index contributed by atoms with van der Waals surface area (Å²) in [6.45, 7) is 6.29. The van der Waals surface area contributed by atoms with E-state index >= 15 is 0 Å². The minimum absolute atomic E-state index is 1.19. The van der Waals surface area contributed by atoms with Crippen molar-refractivity contribution in [3.8, 4) is 0 Å². The molecule has 0 saturated heterocycles. The Morgan fingerprint density at radius 1 is 0.923 bits per heavy atom. The van der Waals surface area contributed by atoms with Crippen molar-refractivity contribution in [3.05, 3.63) is 28.8 Å². The fourth-order valence-corrected chi connectivity index (χ4v) is 6.43. The van der Waals surface area contributed by atoms with Crippen LogP contribution in [0.1, 0.15) is 16.7 Å². The van der Waals surface area contributed by atoms with Crippen LogP contribution in [-0.2, 0) is 0 Å². The van der Waals surface area contributed by atoms with Crippen LogP contribution in [0.3, 0.4) is 0 Å². The second-order valence-electron chi connectivity index (χ2n) is 3.43. The van der Waals surface area contributed by atoms with E-state index in [1.54, 1.807) is 0 Å². The molecule has 0 N–H and O–H groups in total. The van der Waals surface area contributed by atoms with Gasteiger partial charge in [-0.15, -0.1) is 0 Å². The predicted molar refractivity (Wildman–Crippen MR) is 63.6 cm³/mol. The Labute approximate surface area is 91.5 Å². The van der Waals surface area contributed by atoms with Crippen LogP contribution in [0.15, 0.2) is 12.1 Å². The van der Waals surface area contributed by atoms with E-state index in [0.717, 1.165) is 0 Å². The van der Waals surface area contributed by atoms with Crippen LogP contribution in [-0.4, -0.2) is 15.9 Å². The topological polar surface area (TPSA) is 0 Å². The molecular weight excluding hydrogens is 319 g/mol. The van der Waals surface area contributed by atoms with E-state index in [1.807, 2.05) is 4.97 Å². The van der Waals surface area contributed by atoms with Gasteiger partial charge < -0.3 is 0 Å². The third-order valence-corrected chi connectivity index (χ3v) is 7.87. The van der Waals surface area contributed by atoms with Gasteiger partial charge in [0.15, 0.2) is 0 Å². The predicted octanol–water partition coefficient (Wildman–Crippen LogP) is 3.37. The quantitative estimate of drug-likeness (QED) is 0.692. The van der Waals surface area contributed by atoms with Crippen LogP contribution in [0.5, 0.6) is 0 Å². The van der Waals surface area contributed by atoms with Crippen LogP contribution in [0.2, 0.25) is 4.97 Å². The van der Waals surface area contributed by atoms with E-state index in [2.05, 4.69) is 32.9 Å². The molecule has 0 heterocycles. The van der Waals surface area contributed by atoms with Gasteiger partial charge in [0.05, 0.1) is 0 Å². The van der Waals surface area contributed by atoms with Crippen molar-refractivity contribution in [1.82, 2.24) is 0 Å². The molecular formula is C10H14Cl2Te. The van der Waals surface area contributed by atoms with Gasteiger partial charge in [0.25, 0.3) is 0 Å². The average Bonchev–Trinajstić information content (AvgIpc) is 1.94. The molecule has 0 aliphatic heterocycles. The summed E-state index contributed by atoms with van der Waals surface area (Å²) >= 11 is -2.70. The van der Waals surface area contributed by atoms with Crippen LogP contribution >= 0.6 is 17.9 Å². The summed E-state index contributed by atoms with van der Waals surface area (Å²) in [6, 6.07) is 4.31. The average molecular weight is 333 g/mol. The molecule has 0 nitrogen and oxygen atoms in total. The normalized spacial score (nSPS) is 13.1. The van der Waals surface area contributed by atoms with E-state index in [9.17, 15) is 0 Å². The zero-order valence-electron chi connectivity index (χ0n) is 8.32. The number of hydrogen-bond donors (Lipinski definition) is 0. The summed E-state index contributed by atoms with van der Waals surface area (Å²) in [4.78, 5) is 1.99. The molecule has 0 spiro atoms. The molecule has 0 amide bonds. The second-order valence-corrected chi connectivity index (χ2v) is 18.2. The molecule has 0 bridgehead atoms. The first-order chi connectivity index (χ1) is 5.82. The second kappa shape index (κ2) is 3.99. The molecule has 0 aliphatic rings. The van der Waals surface area contributed by atoms with Gasteiger partial charge in [-0.25, -0.2) is 0 Å². The van der Waals surface area contributed by atoms with Gasteiger partial charge in [-0.05, 0) is 0 Å². The van der Waals surface area contributed by atoms with Gasteiger partial charge in [0.1, 0.15) is 0 Å². The zero-order chi connectivity index (χ0) is 10.2. The Kier molecular flexibility index (Phi) is 3.58. The third kappa shape index (κ3) is 2.77. The van der Waals surface area contributed by atoms with E-state index in [4.69, 9.17) is 17.9 Å². The van der Waals surface area contributed by atoms with Gasteiger partial charge >= 0.3 is 92.0 Å². The van der Waals surface area contributed by atoms with E-state index < -0.39 is 15.9 Å². The zero-order valence-corrected chi connectivity index (χ0v) is 12.2. The van der Waals surface area contributed by atoms with Crippen molar-refractivity contribution in [3.63, 3.8) is 0 Å². The van der Waals surface area contributed by atoms with Gasteiger partial charge in [0.2, 0.25) is 0 Å². The first-order valence-electron chi connectivity index (χ1n) is 4.08. The Morgan fingerprint density at radius 2 is 1.38 bits per heavy atom. The summed E-state index contributed by atoms with van der Waals surface area (Å²) in [5.74, 6) is 0. The molecule has 0 radical (unpaired) electrons. The minimum atomic E-state index is -2.70. The summed E-state index contributed by atoms with van der Waals surface area (Å²) < 4.78 is 1.19. The molecule has 1 rings (SSSR count). The van der Waals surface area contributed by atoms with Crippen molar-refractivity contribution < 1.29 is 0 Å². The van der Waals surface area contributed by atoms with E-state index in [-0.39, 0.29) is 0 Å². The Balaban J connectivity index is 3.32. The van der Waals surface area contributed by atoms with Crippen LogP contribution in [0.4, 0.5) is 0 Å². The number of hydrogen-bond acceptors (Lipinski definition) is 0. The monoisotopic (exact) mass is 334 g/mol. The Hall–Kier alpha value is 0.590. The SMILES string of the molecule is Cc1cc(C)c([Te](C)(Cl)Cl)cc1C. The van der Waals surface area contributed by atoms with Gasteiger partial charge in [0, 0.05) is 0 Å². The molecule has 0 saturated carbocycles. The maximum absolute atomic E-state index is 6.24. The van der Waals surface area contributed by atoms with Gasteiger partial charge in [-0.1, -0.05) is 0 Å². The first kappa shape index (κ1) is 11.7. The first-order valence-corrected chi connectivity index (χ1v) is 13.5. The third-order valence-electron chi connectivity index (χ3n) is 2.18. The van der Waals surface area contributed by atoms with Crippen molar-refractivity contribution in [1.29, 1.82) is 0 Å². The molecule has 13 heavy (non-hydrogen) atoms. The molecule has 0 aromatic heterocycles. The number of benzene rings is 1. The van der Waals surface area contributed by atoms with Gasteiger partial charge in [-0.3, -0.25) is 0 Å². The molecule has 74 valence electrons. The molecule has 3 heteroatoms. The van der Waals surface area contributed by atoms with Gasteiger partial charge in [-0.2, -0.15) is 0 Å². The number of rotatable bonds is 1. The summed E-state index contributed by atoms with van der Waals surface area (Å²) in [5, 5.41) is 0. The molecule has 0 unspecified atom stereocenters. The van der Waals surface area contributed by atoms with Crippen molar-refractivity contribution in [2.45, 2.75) is 25.7 Å². The summed E-state index contributed by atoms with van der Waals surface area (Å²) in [5.41, 5.74) is 3.82. The fourth-order valence-electron chi connectivity index (χ4n) is 1.32. The van der Waals surface area contributed by atoms with E-state index in [0.29, 0.717) is 0 Å². The number of aryl methyl sites for hydroxylation is 3. The van der Waals surface area contributed by atoms with Crippen molar-refractivity contribution in [2.24, 2.45) is 0 Å². The van der Waals surface area contributed by atoms with Crippen LogP contribution in [0.25, 0.3) is 0 Å².